The van der Waals surface area contributed by atoms with E-state index in [0.717, 1.165) is 4.47 Å². The standard InChI is InChI=1S/C20H21BrN4O4/c21-13-3-4-15-16(12-13)20(29)25(19(15)28)9-1-2-17(26)23-14-6-10-24(11-7-14)18(27)5-8-22/h3-4,12,14H,1-2,5-7,9-11H2,(H,23,26). The number of rotatable bonds is 6. The van der Waals surface area contributed by atoms with Crippen molar-refractivity contribution in [1.29, 1.82) is 5.26 Å². The normalized spacial score (nSPS) is 16.6. The molecule has 152 valence electrons. The smallest absolute Gasteiger partial charge is 0.261 e. The van der Waals surface area contributed by atoms with Gasteiger partial charge in [0, 0.05) is 36.6 Å². The third-order valence-electron chi connectivity index (χ3n) is 5.16. The number of imide groups is 1. The number of carbonyl (C=O) groups is 4. The maximum absolute atomic E-state index is 12.4. The molecule has 4 amide bonds. The molecule has 1 aromatic rings. The van der Waals surface area contributed by atoms with E-state index in [-0.39, 0.29) is 49.1 Å². The topological polar surface area (TPSA) is 111 Å². The van der Waals surface area contributed by atoms with Crippen LogP contribution in [0.25, 0.3) is 0 Å². The molecule has 2 aliphatic rings. The molecule has 0 bridgehead atoms. The van der Waals surface area contributed by atoms with Crippen molar-refractivity contribution in [1.82, 2.24) is 15.1 Å². The molecule has 0 atom stereocenters. The molecule has 2 aliphatic heterocycles. The number of halogens is 1. The Hall–Kier alpha value is -2.73. The Labute approximate surface area is 177 Å². The maximum Gasteiger partial charge on any atom is 0.261 e. The lowest BCUT2D eigenvalue weighted by molar-refractivity contribution is -0.131. The molecule has 2 heterocycles. The molecule has 0 saturated carbocycles. The Morgan fingerprint density at radius 2 is 1.86 bits per heavy atom. The van der Waals surface area contributed by atoms with Gasteiger partial charge in [0.15, 0.2) is 0 Å². The SMILES string of the molecule is N#CCC(=O)N1CCC(NC(=O)CCCN2C(=O)c3ccc(Br)cc3C2=O)CC1. The molecular weight excluding hydrogens is 440 g/mol. The summed E-state index contributed by atoms with van der Waals surface area (Å²) in [5.41, 5.74) is 0.770. The highest BCUT2D eigenvalue weighted by Gasteiger charge is 2.35. The average Bonchev–Trinajstić information content (AvgIpc) is 2.93. The lowest BCUT2D eigenvalue weighted by Crippen LogP contribution is -2.46. The van der Waals surface area contributed by atoms with Gasteiger partial charge in [-0.05, 0) is 37.5 Å². The summed E-state index contributed by atoms with van der Waals surface area (Å²) < 4.78 is 0.735. The molecule has 3 rings (SSSR count). The summed E-state index contributed by atoms with van der Waals surface area (Å²) in [7, 11) is 0. The van der Waals surface area contributed by atoms with Gasteiger partial charge in [-0.3, -0.25) is 24.1 Å². The molecule has 1 aromatic carbocycles. The number of nitriles is 1. The molecule has 1 fully saturated rings. The summed E-state index contributed by atoms with van der Waals surface area (Å²) in [5.74, 6) is -0.968. The highest BCUT2D eigenvalue weighted by atomic mass is 79.9. The van der Waals surface area contributed by atoms with Gasteiger partial charge in [-0.15, -0.1) is 0 Å². The van der Waals surface area contributed by atoms with Crippen molar-refractivity contribution in [2.24, 2.45) is 0 Å². The number of nitrogens with one attached hydrogen (secondary N) is 1. The lowest BCUT2D eigenvalue weighted by atomic mass is 10.0. The van der Waals surface area contributed by atoms with Gasteiger partial charge in [0.1, 0.15) is 6.42 Å². The second-order valence-corrected chi connectivity index (χ2v) is 8.03. The number of nitrogens with zero attached hydrogens (tertiary/aromatic N) is 3. The summed E-state index contributed by atoms with van der Waals surface area (Å²) in [6.07, 6.45) is 1.78. The molecule has 0 aliphatic carbocycles. The summed E-state index contributed by atoms with van der Waals surface area (Å²) >= 11 is 3.30. The minimum absolute atomic E-state index is 0.00899. The number of carbonyl (C=O) groups excluding carboxylic acids is 4. The van der Waals surface area contributed by atoms with Crippen molar-refractivity contribution >= 4 is 39.6 Å². The molecule has 0 unspecified atom stereocenters. The van der Waals surface area contributed by atoms with Crippen molar-refractivity contribution in [2.45, 2.75) is 38.1 Å². The van der Waals surface area contributed by atoms with E-state index in [4.69, 9.17) is 5.26 Å². The monoisotopic (exact) mass is 460 g/mol. The molecule has 0 radical (unpaired) electrons. The second kappa shape index (κ2) is 9.18. The van der Waals surface area contributed by atoms with Gasteiger partial charge >= 0.3 is 0 Å². The minimum atomic E-state index is -0.332. The van der Waals surface area contributed by atoms with Gasteiger partial charge in [0.2, 0.25) is 11.8 Å². The van der Waals surface area contributed by atoms with Crippen LogP contribution >= 0.6 is 15.9 Å². The largest absolute Gasteiger partial charge is 0.353 e. The maximum atomic E-state index is 12.4. The number of likely N-dealkylation sites (tertiary alicyclic amines) is 1. The van der Waals surface area contributed by atoms with E-state index in [0.29, 0.717) is 43.5 Å². The van der Waals surface area contributed by atoms with Gasteiger partial charge in [0.25, 0.3) is 11.8 Å². The first-order valence-corrected chi connectivity index (χ1v) is 10.3. The van der Waals surface area contributed by atoms with Crippen LogP contribution in [-0.2, 0) is 9.59 Å². The van der Waals surface area contributed by atoms with Crippen LogP contribution in [0.2, 0.25) is 0 Å². The van der Waals surface area contributed by atoms with Crippen LogP contribution < -0.4 is 5.32 Å². The zero-order chi connectivity index (χ0) is 21.0. The number of benzene rings is 1. The van der Waals surface area contributed by atoms with Crippen molar-refractivity contribution < 1.29 is 19.2 Å². The first-order chi connectivity index (χ1) is 13.9. The van der Waals surface area contributed by atoms with Gasteiger partial charge in [-0.1, -0.05) is 15.9 Å². The molecule has 1 N–H and O–H groups in total. The molecule has 1 saturated heterocycles. The zero-order valence-corrected chi connectivity index (χ0v) is 17.4. The fraction of sp³-hybridized carbons (Fsp3) is 0.450. The Bertz CT molecular complexity index is 887. The van der Waals surface area contributed by atoms with Gasteiger partial charge in [-0.25, -0.2) is 0 Å². The van der Waals surface area contributed by atoms with E-state index in [1.165, 1.54) is 4.90 Å². The zero-order valence-electron chi connectivity index (χ0n) is 15.8. The minimum Gasteiger partial charge on any atom is -0.353 e. The van der Waals surface area contributed by atoms with Crippen LogP contribution in [-0.4, -0.2) is 59.1 Å². The number of amides is 4. The van der Waals surface area contributed by atoms with E-state index < -0.39 is 0 Å². The fourth-order valence-corrected chi connectivity index (χ4v) is 3.98. The third kappa shape index (κ3) is 4.82. The molecule has 0 spiro atoms. The van der Waals surface area contributed by atoms with E-state index >= 15 is 0 Å². The van der Waals surface area contributed by atoms with Crippen LogP contribution in [0, 0.1) is 11.3 Å². The van der Waals surface area contributed by atoms with E-state index in [9.17, 15) is 19.2 Å². The van der Waals surface area contributed by atoms with Crippen LogP contribution in [0.1, 0.15) is 52.8 Å². The van der Waals surface area contributed by atoms with E-state index in [2.05, 4.69) is 21.2 Å². The van der Waals surface area contributed by atoms with Gasteiger partial charge < -0.3 is 10.2 Å². The highest BCUT2D eigenvalue weighted by Crippen LogP contribution is 2.26. The summed E-state index contributed by atoms with van der Waals surface area (Å²) in [6, 6.07) is 6.83. The Kier molecular flexibility index (Phi) is 6.64. The molecule has 9 heteroatoms. The highest BCUT2D eigenvalue weighted by molar-refractivity contribution is 9.10. The van der Waals surface area contributed by atoms with Crippen molar-refractivity contribution in [3.63, 3.8) is 0 Å². The van der Waals surface area contributed by atoms with Crippen LogP contribution in [0.5, 0.6) is 0 Å². The Morgan fingerprint density at radius 3 is 2.55 bits per heavy atom. The second-order valence-electron chi connectivity index (χ2n) is 7.11. The lowest BCUT2D eigenvalue weighted by Gasteiger charge is -2.32. The number of fused-ring (bicyclic) bond motifs is 1. The van der Waals surface area contributed by atoms with Crippen molar-refractivity contribution in [2.75, 3.05) is 19.6 Å². The number of piperidine rings is 1. The summed E-state index contributed by atoms with van der Waals surface area (Å²) in [6.45, 7) is 1.24. The van der Waals surface area contributed by atoms with Crippen LogP contribution in [0.3, 0.4) is 0 Å². The Morgan fingerprint density at radius 1 is 1.17 bits per heavy atom. The van der Waals surface area contributed by atoms with Gasteiger partial charge in [-0.2, -0.15) is 5.26 Å². The summed E-state index contributed by atoms with van der Waals surface area (Å²) in [5, 5.41) is 11.5. The first kappa shape index (κ1) is 21.0. The number of hydrogen-bond acceptors (Lipinski definition) is 5. The van der Waals surface area contributed by atoms with Gasteiger partial charge in [0.05, 0.1) is 17.2 Å². The molecule has 29 heavy (non-hydrogen) atoms. The summed E-state index contributed by atoms with van der Waals surface area (Å²) in [4.78, 5) is 51.5. The predicted molar refractivity (Wildman–Crippen MR) is 107 cm³/mol. The first-order valence-electron chi connectivity index (χ1n) is 9.50. The quantitative estimate of drug-likeness (QED) is 0.651. The van der Waals surface area contributed by atoms with E-state index in [1.807, 2.05) is 6.07 Å². The third-order valence-corrected chi connectivity index (χ3v) is 5.65. The van der Waals surface area contributed by atoms with E-state index in [1.54, 1.807) is 23.1 Å². The fourth-order valence-electron chi connectivity index (χ4n) is 3.62. The average molecular weight is 461 g/mol. The molecule has 0 aromatic heterocycles. The molecule has 8 nitrogen and oxygen atoms in total. The van der Waals surface area contributed by atoms with Crippen molar-refractivity contribution in [3.05, 3.63) is 33.8 Å². The van der Waals surface area contributed by atoms with Crippen LogP contribution in [0.15, 0.2) is 22.7 Å². The van der Waals surface area contributed by atoms with Crippen LogP contribution in [0.4, 0.5) is 0 Å². The Balaban J connectivity index is 1.41. The number of hydrogen-bond donors (Lipinski definition) is 1. The predicted octanol–water partition coefficient (Wildman–Crippen LogP) is 1.85. The molecular formula is C20H21BrN4O4. The van der Waals surface area contributed by atoms with Crippen molar-refractivity contribution in [3.8, 4) is 6.07 Å².